The number of phosphoric ester groups is 2. The van der Waals surface area contributed by atoms with Crippen molar-refractivity contribution in [2.45, 2.75) is 24.5 Å². The standard InChI is InChI=1S/C11H20N4O11P2/c12-2-4-23-27(19,20)26-28(21,22)24-5-6-8(16)9(17)10(25-6)15-3-1-7(13)14-11(15)18/h1,3,6,8-10,16-17H,2,4-5,12H2,(H,19,20)(H,21,22)(H2,13,14,18)/t6-,8+,9-,10-/m1/s1. The maximum atomic E-state index is 11.8. The van der Waals surface area contributed by atoms with Crippen molar-refractivity contribution in [1.29, 1.82) is 0 Å². The summed E-state index contributed by atoms with van der Waals surface area (Å²) in [7, 11) is -10.0. The summed E-state index contributed by atoms with van der Waals surface area (Å²) >= 11 is 0. The van der Waals surface area contributed by atoms with Crippen molar-refractivity contribution in [3.63, 3.8) is 0 Å². The highest BCUT2D eigenvalue weighted by molar-refractivity contribution is 7.61. The van der Waals surface area contributed by atoms with Gasteiger partial charge in [-0.3, -0.25) is 13.6 Å². The zero-order chi connectivity index (χ0) is 21.1. The monoisotopic (exact) mass is 446 g/mol. The molecule has 0 amide bonds. The van der Waals surface area contributed by atoms with Crippen LogP contribution in [0.5, 0.6) is 0 Å². The van der Waals surface area contributed by atoms with Crippen molar-refractivity contribution in [2.75, 3.05) is 25.5 Å². The Morgan fingerprint density at radius 3 is 2.46 bits per heavy atom. The molecular weight excluding hydrogens is 426 g/mol. The van der Waals surface area contributed by atoms with E-state index in [9.17, 15) is 33.9 Å². The lowest BCUT2D eigenvalue weighted by atomic mass is 10.1. The molecule has 0 spiro atoms. The first-order valence-electron chi connectivity index (χ1n) is 7.68. The molecule has 0 radical (unpaired) electrons. The van der Waals surface area contributed by atoms with Gasteiger partial charge in [0, 0.05) is 12.7 Å². The number of phosphoric acid groups is 2. The topological polar surface area (TPSA) is 239 Å². The van der Waals surface area contributed by atoms with Crippen molar-refractivity contribution in [3.05, 3.63) is 22.7 Å². The van der Waals surface area contributed by atoms with Gasteiger partial charge in [0.25, 0.3) is 0 Å². The molecule has 0 aromatic carbocycles. The molecule has 6 atom stereocenters. The van der Waals surface area contributed by atoms with Crippen molar-refractivity contribution in [1.82, 2.24) is 9.55 Å². The Morgan fingerprint density at radius 2 is 1.86 bits per heavy atom. The maximum Gasteiger partial charge on any atom is 0.481 e. The van der Waals surface area contributed by atoms with E-state index in [1.807, 2.05) is 0 Å². The van der Waals surface area contributed by atoms with Crippen LogP contribution in [0.2, 0.25) is 0 Å². The molecule has 1 aliphatic heterocycles. The zero-order valence-corrected chi connectivity index (χ0v) is 16.0. The van der Waals surface area contributed by atoms with Gasteiger partial charge in [0.15, 0.2) is 6.23 Å². The van der Waals surface area contributed by atoms with Crippen LogP contribution in [0.3, 0.4) is 0 Å². The van der Waals surface area contributed by atoms with Gasteiger partial charge in [-0.2, -0.15) is 9.29 Å². The summed E-state index contributed by atoms with van der Waals surface area (Å²) in [6.07, 6.45) is -4.86. The quantitative estimate of drug-likeness (QED) is 0.218. The number of rotatable bonds is 9. The highest BCUT2D eigenvalue weighted by atomic mass is 31.3. The molecular formula is C11H20N4O11P2. The number of anilines is 1. The van der Waals surface area contributed by atoms with Crippen LogP contribution >= 0.6 is 15.6 Å². The molecule has 15 nitrogen and oxygen atoms in total. The molecule has 0 saturated carbocycles. The summed E-state index contributed by atoms with van der Waals surface area (Å²) in [4.78, 5) is 34.1. The molecule has 28 heavy (non-hydrogen) atoms. The molecule has 2 heterocycles. The number of aromatic nitrogens is 2. The second-order valence-electron chi connectivity index (χ2n) is 5.52. The van der Waals surface area contributed by atoms with Gasteiger partial charge in [-0.1, -0.05) is 0 Å². The van der Waals surface area contributed by atoms with Crippen LogP contribution in [0.4, 0.5) is 5.82 Å². The molecule has 17 heteroatoms. The average molecular weight is 446 g/mol. The molecule has 1 saturated heterocycles. The Kier molecular flexibility index (Phi) is 7.47. The van der Waals surface area contributed by atoms with E-state index in [1.54, 1.807) is 0 Å². The van der Waals surface area contributed by atoms with Gasteiger partial charge in [-0.25, -0.2) is 13.9 Å². The molecule has 0 aliphatic carbocycles. The van der Waals surface area contributed by atoms with E-state index < -0.39 is 59.1 Å². The molecule has 1 fully saturated rings. The summed E-state index contributed by atoms with van der Waals surface area (Å²) < 4.78 is 42.2. The van der Waals surface area contributed by atoms with E-state index in [1.165, 1.54) is 12.3 Å². The summed E-state index contributed by atoms with van der Waals surface area (Å²) in [6.45, 7) is -1.40. The number of nitrogens with zero attached hydrogens (tertiary/aromatic N) is 2. The second-order valence-corrected chi connectivity index (χ2v) is 8.57. The van der Waals surface area contributed by atoms with Crippen molar-refractivity contribution >= 4 is 21.5 Å². The van der Waals surface area contributed by atoms with E-state index in [0.29, 0.717) is 0 Å². The van der Waals surface area contributed by atoms with Gasteiger partial charge in [0.2, 0.25) is 0 Å². The average Bonchev–Trinajstić information content (AvgIpc) is 2.86. The Morgan fingerprint density at radius 1 is 1.21 bits per heavy atom. The first-order chi connectivity index (χ1) is 13.0. The molecule has 0 bridgehead atoms. The number of aliphatic hydroxyl groups is 2. The summed E-state index contributed by atoms with van der Waals surface area (Å²) in [5.74, 6) is -0.0715. The largest absolute Gasteiger partial charge is 0.481 e. The number of aliphatic hydroxyl groups excluding tert-OH is 2. The normalized spacial score (nSPS) is 29.3. The molecule has 160 valence electrons. The lowest BCUT2D eigenvalue weighted by molar-refractivity contribution is -0.0542. The second kappa shape index (κ2) is 9.07. The number of hydrogen-bond donors (Lipinski definition) is 6. The predicted molar refractivity (Wildman–Crippen MR) is 90.5 cm³/mol. The first kappa shape index (κ1) is 23.1. The Bertz CT molecular complexity index is 835. The number of hydrogen-bond acceptors (Lipinski definition) is 12. The van der Waals surface area contributed by atoms with Crippen molar-refractivity contribution in [2.24, 2.45) is 5.73 Å². The SMILES string of the molecule is NCCOP(=O)(O)OP(=O)(O)OC[C@H]1O[C@@H](n2ccc(N)nc2=O)[C@H](O)[C@H]1O. The van der Waals surface area contributed by atoms with Gasteiger partial charge in [0.1, 0.15) is 24.1 Å². The van der Waals surface area contributed by atoms with Gasteiger partial charge < -0.3 is 36.2 Å². The van der Waals surface area contributed by atoms with Crippen LogP contribution in [0.15, 0.2) is 17.1 Å². The zero-order valence-electron chi connectivity index (χ0n) is 14.2. The minimum absolute atomic E-state index is 0.0715. The van der Waals surface area contributed by atoms with E-state index in [-0.39, 0.29) is 12.4 Å². The van der Waals surface area contributed by atoms with Crippen LogP contribution in [-0.2, 0) is 27.2 Å². The van der Waals surface area contributed by atoms with Gasteiger partial charge in [-0.05, 0) is 6.07 Å². The van der Waals surface area contributed by atoms with Crippen LogP contribution < -0.4 is 17.2 Å². The maximum absolute atomic E-state index is 11.8. The summed E-state index contributed by atoms with van der Waals surface area (Å²) in [5, 5.41) is 20.1. The van der Waals surface area contributed by atoms with E-state index in [4.69, 9.17) is 16.2 Å². The lowest BCUT2D eigenvalue weighted by Crippen LogP contribution is -2.36. The van der Waals surface area contributed by atoms with E-state index in [2.05, 4.69) is 18.3 Å². The first-order valence-corrected chi connectivity index (χ1v) is 10.7. The van der Waals surface area contributed by atoms with Crippen LogP contribution in [0.1, 0.15) is 6.23 Å². The third-order valence-electron chi connectivity index (χ3n) is 3.44. The third-order valence-corrected chi connectivity index (χ3v) is 6.08. The van der Waals surface area contributed by atoms with E-state index in [0.717, 1.165) is 4.57 Å². The minimum Gasteiger partial charge on any atom is -0.387 e. The van der Waals surface area contributed by atoms with Crippen LogP contribution in [0.25, 0.3) is 0 Å². The highest BCUT2D eigenvalue weighted by Crippen LogP contribution is 2.60. The highest BCUT2D eigenvalue weighted by Gasteiger charge is 2.46. The van der Waals surface area contributed by atoms with Crippen LogP contribution in [-0.4, -0.2) is 67.6 Å². The molecule has 2 rings (SSSR count). The molecule has 1 aromatic heterocycles. The number of nitrogen functional groups attached to an aromatic ring is 1. The molecule has 8 N–H and O–H groups in total. The number of nitrogens with two attached hydrogens (primary N) is 2. The lowest BCUT2D eigenvalue weighted by Gasteiger charge is -2.19. The minimum atomic E-state index is -5.11. The fraction of sp³-hybridized carbons (Fsp3) is 0.636. The van der Waals surface area contributed by atoms with Crippen LogP contribution in [0, 0.1) is 0 Å². The summed E-state index contributed by atoms with van der Waals surface area (Å²) in [5.41, 5.74) is 9.56. The summed E-state index contributed by atoms with van der Waals surface area (Å²) in [6, 6.07) is 1.25. The Balaban J connectivity index is 2.02. The van der Waals surface area contributed by atoms with Crippen molar-refractivity contribution in [3.8, 4) is 0 Å². The predicted octanol–water partition coefficient (Wildman–Crippen LogP) is -2.35. The van der Waals surface area contributed by atoms with Gasteiger partial charge >= 0.3 is 21.3 Å². The Labute approximate surface area is 157 Å². The van der Waals surface area contributed by atoms with Gasteiger partial charge in [-0.15, -0.1) is 0 Å². The van der Waals surface area contributed by atoms with Gasteiger partial charge in [0.05, 0.1) is 13.2 Å². The molecule has 1 aromatic rings. The number of ether oxygens (including phenoxy) is 1. The molecule has 2 unspecified atom stereocenters. The fourth-order valence-electron chi connectivity index (χ4n) is 2.23. The third kappa shape index (κ3) is 5.89. The Hall–Kier alpha value is -1.22. The molecule has 1 aliphatic rings. The van der Waals surface area contributed by atoms with Crippen molar-refractivity contribution < 1.29 is 47.2 Å². The smallest absolute Gasteiger partial charge is 0.387 e. The fourth-order valence-corrected chi connectivity index (χ4v) is 4.32. The van der Waals surface area contributed by atoms with E-state index >= 15 is 0 Å².